The molecule has 0 rings (SSSR count). The Kier molecular flexibility index (Phi) is 5.17. The molecular weight excluding hydrogens is 130 g/mol. The number of rotatable bonds is 2. The van der Waals surface area contributed by atoms with Crippen LogP contribution in [-0.4, -0.2) is 12.9 Å². The standard InChI is InChI=1S/C8H10O2/c1-3-8(9)6-4-5-7-10-2/h5,7H,3H2,1-2H3/b7-5-/i8+2. The highest BCUT2D eigenvalue weighted by Gasteiger charge is 1.84. The fraction of sp³-hybridized carbons (Fsp3) is 0.375. The quantitative estimate of drug-likeness (QED) is 0.326. The van der Waals surface area contributed by atoms with E-state index >= 15 is 0 Å². The molecule has 0 bridgehead atoms. The van der Waals surface area contributed by atoms with Gasteiger partial charge in [-0.1, -0.05) is 12.8 Å². The number of methoxy groups -OCH3 is 1. The second-order valence-electron chi connectivity index (χ2n) is 1.58. The second kappa shape index (κ2) is 5.90. The van der Waals surface area contributed by atoms with E-state index in [1.807, 2.05) is 0 Å². The summed E-state index contributed by atoms with van der Waals surface area (Å²) in [6, 6.07) is 0. The maximum atomic E-state index is 10.5. The molecule has 0 aromatic rings. The first-order chi connectivity index (χ1) is 4.81. The average molecular weight is 140 g/mol. The van der Waals surface area contributed by atoms with Gasteiger partial charge in [0.1, 0.15) is 0 Å². The van der Waals surface area contributed by atoms with E-state index in [2.05, 4.69) is 16.6 Å². The normalized spacial score (nSPS) is 8.60. The highest BCUT2D eigenvalue weighted by Crippen LogP contribution is 1.76. The lowest BCUT2D eigenvalue weighted by atomic mass is 10.6. The number of ketones is 1. The summed E-state index contributed by atoms with van der Waals surface area (Å²) in [6.07, 6.45) is 3.39. The minimum absolute atomic E-state index is 0.0549. The first kappa shape index (κ1) is 8.77. The van der Waals surface area contributed by atoms with Crippen LogP contribution < -0.4 is 0 Å². The van der Waals surface area contributed by atoms with Crippen LogP contribution in [0.5, 0.6) is 0 Å². The maximum Gasteiger partial charge on any atom is 0.205 e. The van der Waals surface area contributed by atoms with Gasteiger partial charge in [-0.15, -0.1) is 0 Å². The van der Waals surface area contributed by atoms with Gasteiger partial charge in [0, 0.05) is 12.5 Å². The van der Waals surface area contributed by atoms with Gasteiger partial charge in [-0.3, -0.25) is 4.79 Å². The van der Waals surface area contributed by atoms with Crippen molar-refractivity contribution in [3.63, 3.8) is 0 Å². The van der Waals surface area contributed by atoms with Crippen molar-refractivity contribution in [3.05, 3.63) is 12.3 Å². The highest BCUT2D eigenvalue weighted by atomic mass is 16.5. The summed E-state index contributed by atoms with van der Waals surface area (Å²) < 4.78 is 4.56. The summed E-state index contributed by atoms with van der Waals surface area (Å²) in [6.45, 7) is 1.77. The lowest BCUT2D eigenvalue weighted by Gasteiger charge is -1.79. The van der Waals surface area contributed by atoms with Gasteiger partial charge in [-0.2, -0.15) is 0 Å². The summed E-state index contributed by atoms with van der Waals surface area (Å²) >= 11 is 0. The zero-order valence-corrected chi connectivity index (χ0v) is 6.18. The van der Waals surface area contributed by atoms with Crippen LogP contribution in [0, 0.1) is 11.8 Å². The molecular formula is C8H10O2. The summed E-state index contributed by atoms with van der Waals surface area (Å²) in [4.78, 5) is 10.5. The molecule has 54 valence electrons. The molecule has 0 aromatic carbocycles. The molecule has 0 N–H and O–H groups in total. The monoisotopic (exact) mass is 140 g/mol. The van der Waals surface area contributed by atoms with E-state index in [0.717, 1.165) is 0 Å². The Hall–Kier alpha value is -1.23. The van der Waals surface area contributed by atoms with E-state index in [9.17, 15) is 4.79 Å². The molecule has 0 radical (unpaired) electrons. The molecule has 0 saturated carbocycles. The van der Waals surface area contributed by atoms with Crippen molar-refractivity contribution in [3.8, 4) is 11.8 Å². The van der Waals surface area contributed by atoms with Crippen LogP contribution in [0.1, 0.15) is 13.3 Å². The molecule has 0 spiro atoms. The van der Waals surface area contributed by atoms with E-state index < -0.39 is 0 Å². The Morgan fingerprint density at radius 1 is 1.70 bits per heavy atom. The van der Waals surface area contributed by atoms with E-state index in [4.69, 9.17) is 0 Å². The fourth-order valence-corrected chi connectivity index (χ4v) is 0.313. The third kappa shape index (κ3) is 4.92. The van der Waals surface area contributed by atoms with Gasteiger partial charge < -0.3 is 4.74 Å². The topological polar surface area (TPSA) is 26.3 Å². The Bertz CT molecular complexity index is 181. The van der Waals surface area contributed by atoms with Crippen LogP contribution in [0.25, 0.3) is 0 Å². The molecule has 0 heterocycles. The second-order valence-corrected chi connectivity index (χ2v) is 1.58. The summed E-state index contributed by atoms with van der Waals surface area (Å²) in [5.74, 6) is 4.89. The molecule has 0 unspecified atom stereocenters. The molecule has 0 saturated heterocycles. The summed E-state index contributed by atoms with van der Waals surface area (Å²) in [5.41, 5.74) is 0. The molecule has 2 nitrogen and oxygen atoms in total. The van der Waals surface area contributed by atoms with Gasteiger partial charge in [0.2, 0.25) is 5.78 Å². The third-order valence-corrected chi connectivity index (χ3v) is 0.820. The molecule has 0 aliphatic heterocycles. The SMILES string of the molecule is CC[14C](=O)C#C/C=C\OC. The first-order valence-corrected chi connectivity index (χ1v) is 3.03. The molecule has 0 aromatic heterocycles. The van der Waals surface area contributed by atoms with Crippen LogP contribution in [0.3, 0.4) is 0 Å². The number of allylic oxidation sites excluding steroid dienone is 1. The third-order valence-electron chi connectivity index (χ3n) is 0.820. The molecule has 0 fully saturated rings. The minimum Gasteiger partial charge on any atom is -0.504 e. The van der Waals surface area contributed by atoms with Crippen molar-refractivity contribution in [1.29, 1.82) is 0 Å². The van der Waals surface area contributed by atoms with Crippen LogP contribution >= 0.6 is 0 Å². The van der Waals surface area contributed by atoms with Crippen LogP contribution in [0.15, 0.2) is 12.3 Å². The van der Waals surface area contributed by atoms with Crippen molar-refractivity contribution in [2.24, 2.45) is 0 Å². The van der Waals surface area contributed by atoms with Crippen LogP contribution in [0.4, 0.5) is 0 Å². The van der Waals surface area contributed by atoms with Gasteiger partial charge >= 0.3 is 0 Å². The predicted octanol–water partition coefficient (Wildman–Crippen LogP) is 1.13. The Morgan fingerprint density at radius 3 is 2.90 bits per heavy atom. The molecule has 0 aliphatic rings. The van der Waals surface area contributed by atoms with E-state index in [-0.39, 0.29) is 5.78 Å². The van der Waals surface area contributed by atoms with E-state index in [0.29, 0.717) is 6.42 Å². The fourth-order valence-electron chi connectivity index (χ4n) is 0.313. The maximum absolute atomic E-state index is 10.5. The average Bonchev–Trinajstić information content (AvgIpc) is 1.98. The molecule has 2 heteroatoms. The van der Waals surface area contributed by atoms with Crippen LogP contribution in [0.2, 0.25) is 0 Å². The number of hydrogen-bond donors (Lipinski definition) is 0. The number of ether oxygens (including phenoxy) is 1. The predicted molar refractivity (Wildman–Crippen MR) is 39.2 cm³/mol. The van der Waals surface area contributed by atoms with Gasteiger partial charge in [0.25, 0.3) is 0 Å². The summed E-state index contributed by atoms with van der Waals surface area (Å²) in [7, 11) is 1.53. The smallest absolute Gasteiger partial charge is 0.205 e. The number of hydrogen-bond acceptors (Lipinski definition) is 2. The van der Waals surface area contributed by atoms with Crippen molar-refractivity contribution in [2.45, 2.75) is 13.3 Å². The Morgan fingerprint density at radius 2 is 2.40 bits per heavy atom. The van der Waals surface area contributed by atoms with Crippen molar-refractivity contribution >= 4 is 5.78 Å². The van der Waals surface area contributed by atoms with Gasteiger partial charge in [0.15, 0.2) is 0 Å². The van der Waals surface area contributed by atoms with E-state index in [1.165, 1.54) is 19.4 Å². The van der Waals surface area contributed by atoms with Crippen molar-refractivity contribution in [2.75, 3.05) is 7.11 Å². The molecule has 10 heavy (non-hydrogen) atoms. The number of carbonyl (C=O) groups is 1. The molecule has 0 atom stereocenters. The largest absolute Gasteiger partial charge is 0.504 e. The van der Waals surface area contributed by atoms with E-state index in [1.54, 1.807) is 6.92 Å². The van der Waals surface area contributed by atoms with Gasteiger partial charge in [0.05, 0.1) is 13.4 Å². The minimum atomic E-state index is -0.0549. The number of carbonyl (C=O) groups excluding carboxylic acids is 1. The summed E-state index contributed by atoms with van der Waals surface area (Å²) in [5, 5.41) is 0. The van der Waals surface area contributed by atoms with Crippen molar-refractivity contribution in [1.82, 2.24) is 0 Å². The molecule has 0 amide bonds. The zero-order valence-electron chi connectivity index (χ0n) is 6.18. The number of Topliss-reactive ketones (excluding diaryl/α,β-unsaturated/α-hetero) is 1. The molecule has 0 aliphatic carbocycles. The zero-order chi connectivity index (χ0) is 7.82. The lowest BCUT2D eigenvalue weighted by Crippen LogP contribution is -1.86. The van der Waals surface area contributed by atoms with Gasteiger partial charge in [-0.25, -0.2) is 0 Å². The highest BCUT2D eigenvalue weighted by molar-refractivity contribution is 5.95. The Labute approximate surface area is 60.9 Å². The first-order valence-electron chi connectivity index (χ1n) is 3.03. The van der Waals surface area contributed by atoms with Gasteiger partial charge in [-0.05, 0) is 5.92 Å². The Balaban J connectivity index is 3.69. The van der Waals surface area contributed by atoms with Crippen LogP contribution in [-0.2, 0) is 9.53 Å². The van der Waals surface area contributed by atoms with Crippen molar-refractivity contribution < 1.29 is 9.53 Å². The lowest BCUT2D eigenvalue weighted by molar-refractivity contribution is -0.113.